The quantitative estimate of drug-likeness (QED) is 0.637. The third-order valence-electron chi connectivity index (χ3n) is 3.60. The number of nitrogens with one attached hydrogen (secondary N) is 2. The zero-order valence-electron chi connectivity index (χ0n) is 13.8. The van der Waals surface area contributed by atoms with E-state index in [0.29, 0.717) is 37.1 Å². The number of benzene rings is 2. The number of carbonyl (C=O) groups is 3. The van der Waals surface area contributed by atoms with E-state index in [1.165, 1.54) is 0 Å². The lowest BCUT2D eigenvalue weighted by atomic mass is 10.1. The topological polar surface area (TPSA) is 101 Å². The van der Waals surface area contributed by atoms with Gasteiger partial charge in [-0.15, -0.1) is 0 Å². The first kappa shape index (κ1) is 18.2. The molecule has 0 aliphatic rings. The highest BCUT2D eigenvalue weighted by atomic mass is 16.2. The van der Waals surface area contributed by atoms with Gasteiger partial charge in [-0.3, -0.25) is 14.4 Å². The Labute approximate surface area is 146 Å². The number of carbonyl (C=O) groups excluding carboxylic acids is 3. The first-order valence-corrected chi connectivity index (χ1v) is 8.05. The number of rotatable bonds is 8. The van der Waals surface area contributed by atoms with Gasteiger partial charge in [0.1, 0.15) is 0 Å². The van der Waals surface area contributed by atoms with Crippen molar-refractivity contribution in [2.24, 2.45) is 5.73 Å². The van der Waals surface area contributed by atoms with E-state index >= 15 is 0 Å². The van der Waals surface area contributed by atoms with E-state index in [4.69, 9.17) is 5.73 Å². The molecule has 0 saturated heterocycles. The molecule has 2 rings (SSSR count). The molecule has 25 heavy (non-hydrogen) atoms. The largest absolute Gasteiger partial charge is 0.366 e. The molecular formula is C19H21N3O3. The van der Waals surface area contributed by atoms with Gasteiger partial charge in [0.2, 0.25) is 11.8 Å². The zero-order chi connectivity index (χ0) is 18.1. The van der Waals surface area contributed by atoms with Crippen LogP contribution >= 0.6 is 0 Å². The molecule has 0 bridgehead atoms. The van der Waals surface area contributed by atoms with E-state index in [2.05, 4.69) is 10.6 Å². The zero-order valence-corrected chi connectivity index (χ0v) is 13.8. The summed E-state index contributed by atoms with van der Waals surface area (Å²) in [6.07, 6.45) is 0.857. The Morgan fingerprint density at radius 2 is 1.60 bits per heavy atom. The Bertz CT molecular complexity index is 745. The van der Waals surface area contributed by atoms with Crippen molar-refractivity contribution in [2.75, 3.05) is 6.54 Å². The average molecular weight is 339 g/mol. The molecule has 6 nitrogen and oxygen atoms in total. The number of amides is 3. The molecule has 0 aliphatic heterocycles. The van der Waals surface area contributed by atoms with E-state index in [-0.39, 0.29) is 11.8 Å². The van der Waals surface area contributed by atoms with E-state index in [1.807, 2.05) is 12.1 Å². The van der Waals surface area contributed by atoms with Crippen LogP contribution in [-0.2, 0) is 11.3 Å². The summed E-state index contributed by atoms with van der Waals surface area (Å²) in [7, 11) is 0. The van der Waals surface area contributed by atoms with Crippen molar-refractivity contribution in [3.8, 4) is 0 Å². The van der Waals surface area contributed by atoms with Gasteiger partial charge in [-0.05, 0) is 36.2 Å². The Balaban J connectivity index is 1.67. The molecule has 130 valence electrons. The van der Waals surface area contributed by atoms with Gasteiger partial charge in [-0.2, -0.15) is 0 Å². The fourth-order valence-corrected chi connectivity index (χ4v) is 2.27. The summed E-state index contributed by atoms with van der Waals surface area (Å²) in [5.74, 6) is -0.759. The molecule has 0 fully saturated rings. The third-order valence-corrected chi connectivity index (χ3v) is 3.60. The highest BCUT2D eigenvalue weighted by molar-refractivity contribution is 5.94. The monoisotopic (exact) mass is 339 g/mol. The van der Waals surface area contributed by atoms with Crippen molar-refractivity contribution in [2.45, 2.75) is 19.4 Å². The Kier molecular flexibility index (Phi) is 6.71. The first-order chi connectivity index (χ1) is 12.1. The summed E-state index contributed by atoms with van der Waals surface area (Å²) >= 11 is 0. The fraction of sp³-hybridized carbons (Fsp3) is 0.211. The van der Waals surface area contributed by atoms with Crippen molar-refractivity contribution in [3.05, 3.63) is 71.3 Å². The van der Waals surface area contributed by atoms with Crippen LogP contribution in [0.4, 0.5) is 0 Å². The highest BCUT2D eigenvalue weighted by Gasteiger charge is 2.06. The van der Waals surface area contributed by atoms with Crippen molar-refractivity contribution in [1.29, 1.82) is 0 Å². The SMILES string of the molecule is NC(=O)c1cccc(CNC(=O)CCCNC(=O)c2ccccc2)c1. The van der Waals surface area contributed by atoms with E-state index in [9.17, 15) is 14.4 Å². The lowest BCUT2D eigenvalue weighted by Crippen LogP contribution is -2.27. The maximum atomic E-state index is 11.8. The molecule has 2 aromatic rings. The Morgan fingerprint density at radius 1 is 0.880 bits per heavy atom. The second kappa shape index (κ2) is 9.22. The van der Waals surface area contributed by atoms with E-state index in [1.54, 1.807) is 42.5 Å². The molecule has 0 atom stereocenters. The summed E-state index contributed by atoms with van der Waals surface area (Å²) in [6, 6.07) is 15.7. The van der Waals surface area contributed by atoms with Gasteiger partial charge in [-0.25, -0.2) is 0 Å². The smallest absolute Gasteiger partial charge is 0.251 e. The minimum atomic E-state index is -0.498. The molecular weight excluding hydrogens is 318 g/mol. The first-order valence-electron chi connectivity index (χ1n) is 8.05. The van der Waals surface area contributed by atoms with Gasteiger partial charge in [0.05, 0.1) is 0 Å². The van der Waals surface area contributed by atoms with Crippen LogP contribution in [0.5, 0.6) is 0 Å². The van der Waals surface area contributed by atoms with Crippen LogP contribution in [0.15, 0.2) is 54.6 Å². The second-order valence-electron chi connectivity index (χ2n) is 5.57. The van der Waals surface area contributed by atoms with Gasteiger partial charge in [0.25, 0.3) is 5.91 Å². The lowest BCUT2D eigenvalue weighted by Gasteiger charge is -2.07. The van der Waals surface area contributed by atoms with Crippen molar-refractivity contribution in [1.82, 2.24) is 10.6 Å². The van der Waals surface area contributed by atoms with Crippen LogP contribution in [0.1, 0.15) is 39.1 Å². The second-order valence-corrected chi connectivity index (χ2v) is 5.57. The Hall–Kier alpha value is -3.15. The number of primary amides is 1. The molecule has 0 radical (unpaired) electrons. The summed E-state index contributed by atoms with van der Waals surface area (Å²) in [5.41, 5.74) is 7.04. The van der Waals surface area contributed by atoms with E-state index in [0.717, 1.165) is 5.56 Å². The fourth-order valence-electron chi connectivity index (χ4n) is 2.27. The minimum absolute atomic E-state index is 0.113. The molecule has 0 aliphatic carbocycles. The summed E-state index contributed by atoms with van der Waals surface area (Å²) in [5, 5.41) is 5.56. The lowest BCUT2D eigenvalue weighted by molar-refractivity contribution is -0.121. The molecule has 4 N–H and O–H groups in total. The molecule has 0 saturated carbocycles. The Morgan fingerprint density at radius 3 is 2.32 bits per heavy atom. The predicted octanol–water partition coefficient (Wildman–Crippen LogP) is 1.61. The normalized spacial score (nSPS) is 10.1. The van der Waals surface area contributed by atoms with Crippen molar-refractivity contribution >= 4 is 17.7 Å². The molecule has 3 amide bonds. The number of nitrogens with two attached hydrogens (primary N) is 1. The van der Waals surface area contributed by atoms with Gasteiger partial charge in [0, 0.05) is 30.6 Å². The van der Waals surface area contributed by atoms with Crippen molar-refractivity contribution < 1.29 is 14.4 Å². The highest BCUT2D eigenvalue weighted by Crippen LogP contribution is 2.04. The van der Waals surface area contributed by atoms with Gasteiger partial charge in [-0.1, -0.05) is 30.3 Å². The van der Waals surface area contributed by atoms with Crippen LogP contribution in [0.3, 0.4) is 0 Å². The summed E-state index contributed by atoms with van der Waals surface area (Å²) in [4.78, 5) is 34.8. The summed E-state index contributed by atoms with van der Waals surface area (Å²) in [6.45, 7) is 0.759. The maximum absolute atomic E-state index is 11.8. The van der Waals surface area contributed by atoms with Gasteiger partial charge < -0.3 is 16.4 Å². The standard InChI is InChI=1S/C19H21N3O3/c20-18(24)16-9-4-6-14(12-16)13-22-17(23)10-5-11-21-19(25)15-7-2-1-3-8-15/h1-4,6-9,12H,5,10-11,13H2,(H2,20,24)(H,21,25)(H,22,23). The van der Waals surface area contributed by atoms with Gasteiger partial charge in [0.15, 0.2) is 0 Å². The minimum Gasteiger partial charge on any atom is -0.366 e. The van der Waals surface area contributed by atoms with Crippen LogP contribution in [0, 0.1) is 0 Å². The van der Waals surface area contributed by atoms with E-state index < -0.39 is 5.91 Å². The molecule has 2 aromatic carbocycles. The average Bonchev–Trinajstić information content (AvgIpc) is 2.64. The predicted molar refractivity (Wildman–Crippen MR) is 94.8 cm³/mol. The molecule has 0 unspecified atom stereocenters. The maximum Gasteiger partial charge on any atom is 0.251 e. The van der Waals surface area contributed by atoms with Gasteiger partial charge >= 0.3 is 0 Å². The van der Waals surface area contributed by atoms with Crippen LogP contribution in [0.25, 0.3) is 0 Å². The molecule has 0 aromatic heterocycles. The van der Waals surface area contributed by atoms with Crippen LogP contribution in [-0.4, -0.2) is 24.3 Å². The molecule has 0 heterocycles. The third kappa shape index (κ3) is 6.10. The molecule has 0 spiro atoms. The molecule has 6 heteroatoms. The van der Waals surface area contributed by atoms with Crippen molar-refractivity contribution in [3.63, 3.8) is 0 Å². The summed E-state index contributed by atoms with van der Waals surface area (Å²) < 4.78 is 0. The number of hydrogen-bond donors (Lipinski definition) is 3. The van der Waals surface area contributed by atoms with Crippen LogP contribution in [0.2, 0.25) is 0 Å². The van der Waals surface area contributed by atoms with Crippen LogP contribution < -0.4 is 16.4 Å². The number of hydrogen-bond acceptors (Lipinski definition) is 3.